The molecule has 1 fully saturated rings. The molecule has 1 atom stereocenters. The molecular formula is C20H30N2O2. The highest BCUT2D eigenvalue weighted by Gasteiger charge is 2.36. The molecule has 0 aromatic heterocycles. The van der Waals surface area contributed by atoms with Crippen molar-refractivity contribution in [1.29, 1.82) is 0 Å². The number of hydrogen-bond acceptors (Lipinski definition) is 3. The molecule has 0 unspecified atom stereocenters. The number of carbonyl (C=O) groups is 1. The molecule has 0 radical (unpaired) electrons. The minimum absolute atomic E-state index is 0.133. The summed E-state index contributed by atoms with van der Waals surface area (Å²) in [7, 11) is 0. The first-order valence-electron chi connectivity index (χ1n) is 8.68. The molecule has 4 nitrogen and oxygen atoms in total. The summed E-state index contributed by atoms with van der Waals surface area (Å²) in [4.78, 5) is 19.1. The lowest BCUT2D eigenvalue weighted by Gasteiger charge is -2.40. The van der Waals surface area contributed by atoms with E-state index < -0.39 is 5.60 Å². The lowest BCUT2D eigenvalue weighted by Crippen LogP contribution is -2.50. The van der Waals surface area contributed by atoms with Gasteiger partial charge in [-0.05, 0) is 33.3 Å². The number of amides is 1. The summed E-state index contributed by atoms with van der Waals surface area (Å²) >= 11 is 0. The number of rotatable bonds is 2. The third kappa shape index (κ3) is 4.83. The first-order chi connectivity index (χ1) is 11.1. The van der Waals surface area contributed by atoms with Gasteiger partial charge in [-0.2, -0.15) is 0 Å². The van der Waals surface area contributed by atoms with E-state index in [1.807, 2.05) is 39.0 Å². The Morgan fingerprint density at radius 1 is 1.25 bits per heavy atom. The highest BCUT2D eigenvalue weighted by molar-refractivity contribution is 5.92. The summed E-state index contributed by atoms with van der Waals surface area (Å²) in [5, 5.41) is 0. The van der Waals surface area contributed by atoms with E-state index in [0.29, 0.717) is 13.1 Å². The van der Waals surface area contributed by atoms with E-state index in [9.17, 15) is 4.79 Å². The lowest BCUT2D eigenvalue weighted by atomic mass is 9.81. The van der Waals surface area contributed by atoms with Crippen molar-refractivity contribution in [2.24, 2.45) is 10.4 Å². The van der Waals surface area contributed by atoms with Crippen LogP contribution >= 0.6 is 0 Å². The number of ether oxygens (including phenoxy) is 1. The zero-order chi connectivity index (χ0) is 18.0. The molecule has 132 valence electrons. The van der Waals surface area contributed by atoms with Crippen molar-refractivity contribution in [2.75, 3.05) is 13.1 Å². The fourth-order valence-electron chi connectivity index (χ4n) is 2.99. The average molecular weight is 330 g/mol. The van der Waals surface area contributed by atoms with Gasteiger partial charge in [-0.1, -0.05) is 44.2 Å². The van der Waals surface area contributed by atoms with Crippen molar-refractivity contribution in [3.63, 3.8) is 0 Å². The number of nitrogens with zero attached hydrogens (tertiary/aromatic N) is 2. The van der Waals surface area contributed by atoms with Gasteiger partial charge in [-0.25, -0.2) is 4.79 Å². The second-order valence-electron chi connectivity index (χ2n) is 8.20. The van der Waals surface area contributed by atoms with E-state index in [4.69, 9.17) is 9.73 Å². The Hall–Kier alpha value is -1.84. The molecule has 24 heavy (non-hydrogen) atoms. The van der Waals surface area contributed by atoms with Crippen LogP contribution in [0.1, 0.15) is 59.6 Å². The maximum atomic E-state index is 12.3. The standard InChI is InChI=1S/C20H30N2O2/c1-15(16-10-8-7-9-11-16)21-17-12-13-22(14-20(17,5)6)18(23)24-19(2,3)4/h7-11,15H,12-14H2,1-6H3/t15-/m1/s1. The summed E-state index contributed by atoms with van der Waals surface area (Å²) < 4.78 is 5.50. The summed E-state index contributed by atoms with van der Waals surface area (Å²) in [6.45, 7) is 13.4. The summed E-state index contributed by atoms with van der Waals surface area (Å²) in [6, 6.07) is 10.5. The van der Waals surface area contributed by atoms with E-state index in [1.54, 1.807) is 4.90 Å². The number of piperidine rings is 1. The van der Waals surface area contributed by atoms with E-state index in [2.05, 4.69) is 32.9 Å². The molecule has 2 rings (SSSR count). The lowest BCUT2D eigenvalue weighted by molar-refractivity contribution is 0.0192. The fourth-order valence-corrected chi connectivity index (χ4v) is 2.99. The summed E-state index contributed by atoms with van der Waals surface area (Å²) in [6.07, 6.45) is 0.564. The Morgan fingerprint density at radius 3 is 2.42 bits per heavy atom. The monoisotopic (exact) mass is 330 g/mol. The second-order valence-corrected chi connectivity index (χ2v) is 8.20. The van der Waals surface area contributed by atoms with Crippen LogP contribution in [0.2, 0.25) is 0 Å². The van der Waals surface area contributed by atoms with Gasteiger partial charge in [0.25, 0.3) is 0 Å². The van der Waals surface area contributed by atoms with Crippen molar-refractivity contribution in [2.45, 2.75) is 59.6 Å². The molecule has 1 aromatic rings. The third-order valence-electron chi connectivity index (χ3n) is 4.27. The van der Waals surface area contributed by atoms with E-state index in [-0.39, 0.29) is 17.6 Å². The largest absolute Gasteiger partial charge is 0.444 e. The van der Waals surface area contributed by atoms with Crippen LogP contribution in [0.25, 0.3) is 0 Å². The molecule has 4 heteroatoms. The predicted molar refractivity (Wildman–Crippen MR) is 98.5 cm³/mol. The Labute approximate surface area is 145 Å². The van der Waals surface area contributed by atoms with Crippen molar-refractivity contribution in [3.8, 4) is 0 Å². The normalized spacial score (nSPS) is 20.8. The molecule has 0 saturated carbocycles. The zero-order valence-electron chi connectivity index (χ0n) is 15.8. The van der Waals surface area contributed by atoms with Crippen LogP contribution in [-0.4, -0.2) is 35.4 Å². The molecule has 1 heterocycles. The fraction of sp³-hybridized carbons (Fsp3) is 0.600. The molecule has 0 bridgehead atoms. The molecule has 1 saturated heterocycles. The number of likely N-dealkylation sites (tertiary alicyclic amines) is 1. The SMILES string of the molecule is C[C@@H](N=C1CCN(C(=O)OC(C)(C)C)CC1(C)C)c1ccccc1. The van der Waals surface area contributed by atoms with Crippen LogP contribution in [-0.2, 0) is 4.74 Å². The Balaban J connectivity index is 2.08. The molecule has 0 N–H and O–H groups in total. The Morgan fingerprint density at radius 2 is 1.88 bits per heavy atom. The van der Waals surface area contributed by atoms with E-state index >= 15 is 0 Å². The van der Waals surface area contributed by atoms with Crippen molar-refractivity contribution < 1.29 is 9.53 Å². The molecule has 0 spiro atoms. The zero-order valence-corrected chi connectivity index (χ0v) is 15.8. The predicted octanol–water partition coefficient (Wildman–Crippen LogP) is 4.86. The Kier molecular flexibility index (Phi) is 5.36. The van der Waals surface area contributed by atoms with Crippen molar-refractivity contribution in [3.05, 3.63) is 35.9 Å². The number of benzene rings is 1. The van der Waals surface area contributed by atoms with Gasteiger partial charge in [-0.15, -0.1) is 0 Å². The van der Waals surface area contributed by atoms with Gasteiger partial charge in [0.1, 0.15) is 5.60 Å². The third-order valence-corrected chi connectivity index (χ3v) is 4.27. The van der Waals surface area contributed by atoms with Gasteiger partial charge in [-0.3, -0.25) is 4.99 Å². The minimum Gasteiger partial charge on any atom is -0.444 e. The summed E-state index contributed by atoms with van der Waals surface area (Å²) in [5.74, 6) is 0. The Bertz CT molecular complexity index is 600. The highest BCUT2D eigenvalue weighted by Crippen LogP contribution is 2.30. The number of carbonyl (C=O) groups excluding carboxylic acids is 1. The van der Waals surface area contributed by atoms with Crippen LogP contribution in [0.3, 0.4) is 0 Å². The molecular weight excluding hydrogens is 300 g/mol. The van der Waals surface area contributed by atoms with Gasteiger partial charge >= 0.3 is 6.09 Å². The first kappa shape index (κ1) is 18.5. The van der Waals surface area contributed by atoms with Crippen LogP contribution in [0, 0.1) is 5.41 Å². The van der Waals surface area contributed by atoms with Gasteiger partial charge in [0.05, 0.1) is 6.04 Å². The minimum atomic E-state index is -0.461. The van der Waals surface area contributed by atoms with Crippen LogP contribution in [0.15, 0.2) is 35.3 Å². The van der Waals surface area contributed by atoms with Gasteiger partial charge in [0.15, 0.2) is 0 Å². The smallest absolute Gasteiger partial charge is 0.410 e. The highest BCUT2D eigenvalue weighted by atomic mass is 16.6. The number of aliphatic imine (C=N–C) groups is 1. The van der Waals surface area contributed by atoms with Crippen molar-refractivity contribution >= 4 is 11.8 Å². The quantitative estimate of drug-likeness (QED) is 0.777. The first-order valence-corrected chi connectivity index (χ1v) is 8.68. The summed E-state index contributed by atoms with van der Waals surface area (Å²) in [5.41, 5.74) is 1.80. The van der Waals surface area contributed by atoms with Crippen LogP contribution in [0.5, 0.6) is 0 Å². The van der Waals surface area contributed by atoms with E-state index in [1.165, 1.54) is 11.3 Å². The maximum Gasteiger partial charge on any atom is 0.410 e. The van der Waals surface area contributed by atoms with E-state index in [0.717, 1.165) is 6.42 Å². The van der Waals surface area contributed by atoms with Crippen molar-refractivity contribution in [1.82, 2.24) is 4.90 Å². The van der Waals surface area contributed by atoms with Crippen LogP contribution < -0.4 is 0 Å². The van der Waals surface area contributed by atoms with Gasteiger partial charge < -0.3 is 9.64 Å². The van der Waals surface area contributed by atoms with Gasteiger partial charge in [0.2, 0.25) is 0 Å². The van der Waals surface area contributed by atoms with Gasteiger partial charge in [0, 0.05) is 30.6 Å². The molecule has 1 aliphatic rings. The average Bonchev–Trinajstić information content (AvgIpc) is 2.48. The molecule has 1 aromatic carbocycles. The molecule has 1 amide bonds. The topological polar surface area (TPSA) is 41.9 Å². The molecule has 0 aliphatic carbocycles. The number of hydrogen-bond donors (Lipinski definition) is 0. The molecule has 1 aliphatic heterocycles. The second kappa shape index (κ2) is 6.96. The maximum absolute atomic E-state index is 12.3. The van der Waals surface area contributed by atoms with Crippen LogP contribution in [0.4, 0.5) is 4.79 Å².